The van der Waals surface area contributed by atoms with Crippen molar-refractivity contribution in [3.8, 4) is 11.3 Å². The van der Waals surface area contributed by atoms with Crippen LogP contribution in [0.5, 0.6) is 0 Å². The molecule has 2 aromatic heterocycles. The van der Waals surface area contributed by atoms with Gasteiger partial charge in [0, 0.05) is 28.1 Å². The number of fused-ring (bicyclic) bond motifs is 1. The molecule has 0 atom stereocenters. The second-order valence-electron chi connectivity index (χ2n) is 4.00. The van der Waals surface area contributed by atoms with E-state index < -0.39 is 0 Å². The third-order valence-electron chi connectivity index (χ3n) is 3.01. The molecule has 1 aromatic carbocycles. The lowest BCUT2D eigenvalue weighted by molar-refractivity contribution is 0.866. The minimum atomic E-state index is 0.918. The minimum Gasteiger partial charge on any atom is -0.330 e. The van der Waals surface area contributed by atoms with Gasteiger partial charge in [-0.1, -0.05) is 18.2 Å². The van der Waals surface area contributed by atoms with Gasteiger partial charge in [0.15, 0.2) is 0 Å². The van der Waals surface area contributed by atoms with Crippen LogP contribution < -0.4 is 0 Å². The molecule has 2 heterocycles. The molecule has 0 unspecified atom stereocenters. The molecule has 0 spiro atoms. The van der Waals surface area contributed by atoms with E-state index in [0.717, 1.165) is 16.1 Å². The van der Waals surface area contributed by atoms with E-state index in [1.165, 1.54) is 15.6 Å². The largest absolute Gasteiger partial charge is 0.330 e. The van der Waals surface area contributed by atoms with Crippen LogP contribution in [0, 0.1) is 6.92 Å². The molecule has 4 heteroatoms. The average Bonchev–Trinajstić information content (AvgIpc) is 2.82. The number of rotatable bonds is 1. The van der Waals surface area contributed by atoms with E-state index in [1.807, 2.05) is 6.92 Å². The van der Waals surface area contributed by atoms with Crippen molar-refractivity contribution in [3.05, 3.63) is 40.1 Å². The lowest BCUT2D eigenvalue weighted by Crippen LogP contribution is -1.93. The van der Waals surface area contributed by atoms with Crippen LogP contribution in [0.1, 0.15) is 5.82 Å². The predicted octanol–water partition coefficient (Wildman–Crippen LogP) is 4.37. The van der Waals surface area contributed by atoms with Gasteiger partial charge < -0.3 is 4.57 Å². The van der Waals surface area contributed by atoms with E-state index in [1.54, 1.807) is 11.3 Å². The monoisotopic (exact) mass is 306 g/mol. The normalized spacial score (nSPS) is 11.2. The smallest absolute Gasteiger partial charge is 0.132 e. The van der Waals surface area contributed by atoms with Crippen LogP contribution in [-0.2, 0) is 7.05 Å². The average molecular weight is 307 g/mol. The number of aromatic nitrogens is 2. The molecule has 3 aromatic rings. The number of hydrogen-bond donors (Lipinski definition) is 0. The number of benzene rings is 1. The third-order valence-corrected chi connectivity index (χ3v) is 4.53. The summed E-state index contributed by atoms with van der Waals surface area (Å²) in [7, 11) is 2.05. The van der Waals surface area contributed by atoms with Gasteiger partial charge in [0.25, 0.3) is 0 Å². The maximum atomic E-state index is 4.46. The Morgan fingerprint density at radius 3 is 2.76 bits per heavy atom. The summed E-state index contributed by atoms with van der Waals surface area (Å²) in [5.74, 6) is 1.02. The Morgan fingerprint density at radius 1 is 1.29 bits per heavy atom. The van der Waals surface area contributed by atoms with Crippen LogP contribution in [0.15, 0.2) is 34.2 Å². The van der Waals surface area contributed by atoms with Gasteiger partial charge in [-0.25, -0.2) is 4.98 Å². The van der Waals surface area contributed by atoms with E-state index in [2.05, 4.69) is 62.2 Å². The van der Waals surface area contributed by atoms with Crippen LogP contribution in [0.25, 0.3) is 21.3 Å². The fraction of sp³-hybridized carbons (Fsp3) is 0.154. The summed E-state index contributed by atoms with van der Waals surface area (Å²) in [6, 6.07) is 8.47. The van der Waals surface area contributed by atoms with Gasteiger partial charge in [-0.2, -0.15) is 0 Å². The maximum Gasteiger partial charge on any atom is 0.132 e. The second kappa shape index (κ2) is 3.96. The lowest BCUT2D eigenvalue weighted by atomic mass is 10.1. The Bertz CT molecular complexity index is 697. The number of nitrogens with zero attached hydrogens (tertiary/aromatic N) is 2. The summed E-state index contributed by atoms with van der Waals surface area (Å²) in [6.45, 7) is 2.02. The SMILES string of the molecule is Cc1nc(Br)c(-c2csc3ccccc23)n1C. The molecule has 0 fully saturated rings. The highest BCUT2D eigenvalue weighted by Crippen LogP contribution is 2.37. The van der Waals surface area contributed by atoms with Crippen LogP contribution in [-0.4, -0.2) is 9.55 Å². The number of imidazole rings is 1. The number of aryl methyl sites for hydroxylation is 1. The Labute approximate surface area is 112 Å². The van der Waals surface area contributed by atoms with Crippen molar-refractivity contribution in [3.63, 3.8) is 0 Å². The number of halogens is 1. The number of hydrogen-bond acceptors (Lipinski definition) is 2. The zero-order valence-electron chi connectivity index (χ0n) is 9.57. The highest BCUT2D eigenvalue weighted by molar-refractivity contribution is 9.10. The minimum absolute atomic E-state index is 0.918. The van der Waals surface area contributed by atoms with Crippen LogP contribution >= 0.6 is 27.3 Å². The molecule has 0 radical (unpaired) electrons. The second-order valence-corrected chi connectivity index (χ2v) is 5.67. The van der Waals surface area contributed by atoms with E-state index in [4.69, 9.17) is 0 Å². The quantitative estimate of drug-likeness (QED) is 0.652. The standard InChI is InChI=1S/C13H11BrN2S/c1-8-15-13(14)12(16(8)2)10-7-17-11-6-4-3-5-9(10)11/h3-7H,1-2H3. The first-order valence-electron chi connectivity index (χ1n) is 5.34. The molecule has 0 amide bonds. The van der Waals surface area contributed by atoms with E-state index in [9.17, 15) is 0 Å². The molecule has 17 heavy (non-hydrogen) atoms. The fourth-order valence-electron chi connectivity index (χ4n) is 2.02. The predicted molar refractivity (Wildman–Crippen MR) is 76.5 cm³/mol. The van der Waals surface area contributed by atoms with Crippen molar-refractivity contribution in [2.45, 2.75) is 6.92 Å². The summed E-state index contributed by atoms with van der Waals surface area (Å²) >= 11 is 5.32. The van der Waals surface area contributed by atoms with Gasteiger partial charge in [-0.15, -0.1) is 11.3 Å². The van der Waals surface area contributed by atoms with Crippen molar-refractivity contribution in [1.82, 2.24) is 9.55 Å². The van der Waals surface area contributed by atoms with Gasteiger partial charge >= 0.3 is 0 Å². The van der Waals surface area contributed by atoms with Crippen LogP contribution in [0.3, 0.4) is 0 Å². The first-order chi connectivity index (χ1) is 8.18. The molecule has 0 saturated carbocycles. The highest BCUT2D eigenvalue weighted by atomic mass is 79.9. The van der Waals surface area contributed by atoms with Crippen molar-refractivity contribution in [2.24, 2.45) is 7.05 Å². The zero-order chi connectivity index (χ0) is 12.0. The summed E-state index contributed by atoms with van der Waals surface area (Å²) in [5.41, 5.74) is 2.40. The maximum absolute atomic E-state index is 4.46. The van der Waals surface area contributed by atoms with Crippen LogP contribution in [0.4, 0.5) is 0 Å². The van der Waals surface area contributed by atoms with Gasteiger partial charge in [-0.05, 0) is 28.9 Å². The molecule has 0 aliphatic carbocycles. The van der Waals surface area contributed by atoms with Gasteiger partial charge in [0.1, 0.15) is 10.4 Å². The molecule has 86 valence electrons. The molecule has 0 saturated heterocycles. The lowest BCUT2D eigenvalue weighted by Gasteiger charge is -2.03. The third kappa shape index (κ3) is 1.63. The molecule has 0 aliphatic rings. The van der Waals surface area contributed by atoms with Crippen molar-refractivity contribution in [2.75, 3.05) is 0 Å². The van der Waals surface area contributed by atoms with Crippen molar-refractivity contribution < 1.29 is 0 Å². The first kappa shape index (κ1) is 11.0. The first-order valence-corrected chi connectivity index (χ1v) is 7.01. The molecular formula is C13H11BrN2S. The molecule has 0 aliphatic heterocycles. The summed E-state index contributed by atoms with van der Waals surface area (Å²) < 4.78 is 4.35. The molecule has 2 nitrogen and oxygen atoms in total. The summed E-state index contributed by atoms with van der Waals surface area (Å²) in [6.07, 6.45) is 0. The van der Waals surface area contributed by atoms with Gasteiger partial charge in [0.05, 0.1) is 5.69 Å². The Morgan fingerprint density at radius 2 is 2.06 bits per heavy atom. The summed E-state index contributed by atoms with van der Waals surface area (Å²) in [5, 5.41) is 3.49. The highest BCUT2D eigenvalue weighted by Gasteiger charge is 2.15. The summed E-state index contributed by atoms with van der Waals surface area (Å²) in [4.78, 5) is 4.46. The van der Waals surface area contributed by atoms with E-state index >= 15 is 0 Å². The topological polar surface area (TPSA) is 17.8 Å². The molecule has 0 bridgehead atoms. The Balaban J connectivity index is 2.35. The van der Waals surface area contributed by atoms with E-state index in [0.29, 0.717) is 0 Å². The van der Waals surface area contributed by atoms with E-state index in [-0.39, 0.29) is 0 Å². The van der Waals surface area contributed by atoms with Gasteiger partial charge in [-0.3, -0.25) is 0 Å². The van der Waals surface area contributed by atoms with Gasteiger partial charge in [0.2, 0.25) is 0 Å². The molecule has 0 N–H and O–H groups in total. The van der Waals surface area contributed by atoms with Crippen LogP contribution in [0.2, 0.25) is 0 Å². The van der Waals surface area contributed by atoms with Crippen molar-refractivity contribution in [1.29, 1.82) is 0 Å². The van der Waals surface area contributed by atoms with Crippen molar-refractivity contribution >= 4 is 37.4 Å². The zero-order valence-corrected chi connectivity index (χ0v) is 12.0. The Kier molecular flexibility index (Phi) is 2.56. The number of thiophene rings is 1. The fourth-order valence-corrected chi connectivity index (χ4v) is 3.70. The molecular weight excluding hydrogens is 296 g/mol. The Hall–Kier alpha value is -1.13. The molecule has 3 rings (SSSR count).